The van der Waals surface area contributed by atoms with Gasteiger partial charge in [-0.05, 0) is 61.8 Å². The van der Waals surface area contributed by atoms with Crippen LogP contribution in [0.5, 0.6) is 0 Å². The molecule has 1 saturated heterocycles. The summed E-state index contributed by atoms with van der Waals surface area (Å²) in [5.41, 5.74) is 1.65. The summed E-state index contributed by atoms with van der Waals surface area (Å²) in [7, 11) is 0. The van der Waals surface area contributed by atoms with Gasteiger partial charge in [0.15, 0.2) is 5.69 Å². The standard InChI is InChI=1S/C20H19F2N5O/c21-14-3-1-13(2-4-14)17-11-15(22)5-6-18(17)24-20(28)19-12-27(26-25-19)16-7-9-23-10-8-16/h1-6,11-12,16,23H,7-10H2,(H,24,28). The lowest BCUT2D eigenvalue weighted by molar-refractivity contribution is 0.102. The molecular formula is C20H19F2N5O. The molecule has 1 amide bonds. The largest absolute Gasteiger partial charge is 0.320 e. The van der Waals surface area contributed by atoms with E-state index in [0.717, 1.165) is 25.9 Å². The number of carbonyl (C=O) groups is 1. The van der Waals surface area contributed by atoms with Crippen LogP contribution in [0, 0.1) is 11.6 Å². The van der Waals surface area contributed by atoms with Gasteiger partial charge in [0, 0.05) is 11.3 Å². The number of benzene rings is 2. The van der Waals surface area contributed by atoms with Crippen LogP contribution in [-0.4, -0.2) is 34.0 Å². The highest BCUT2D eigenvalue weighted by Crippen LogP contribution is 2.29. The van der Waals surface area contributed by atoms with Crippen LogP contribution in [0.25, 0.3) is 11.1 Å². The van der Waals surface area contributed by atoms with E-state index in [1.165, 1.54) is 42.5 Å². The Labute approximate surface area is 160 Å². The number of carbonyl (C=O) groups excluding carboxylic acids is 1. The maximum absolute atomic E-state index is 13.8. The topological polar surface area (TPSA) is 71.8 Å². The number of hydrogen-bond donors (Lipinski definition) is 2. The molecule has 144 valence electrons. The average Bonchev–Trinajstić information content (AvgIpc) is 3.21. The third-order valence-electron chi connectivity index (χ3n) is 4.81. The van der Waals surface area contributed by atoms with Crippen LogP contribution in [0.2, 0.25) is 0 Å². The Bertz CT molecular complexity index is 981. The average molecular weight is 383 g/mol. The molecule has 2 heterocycles. The molecule has 0 bridgehead atoms. The summed E-state index contributed by atoms with van der Waals surface area (Å²) in [5, 5.41) is 14.1. The molecule has 0 spiro atoms. The molecule has 0 atom stereocenters. The minimum Gasteiger partial charge on any atom is -0.320 e. The molecule has 0 saturated carbocycles. The molecule has 0 unspecified atom stereocenters. The molecule has 1 aliphatic heterocycles. The lowest BCUT2D eigenvalue weighted by Crippen LogP contribution is -2.29. The third-order valence-corrected chi connectivity index (χ3v) is 4.81. The Hall–Kier alpha value is -3.13. The van der Waals surface area contributed by atoms with Crippen molar-refractivity contribution in [1.29, 1.82) is 0 Å². The molecule has 0 radical (unpaired) electrons. The van der Waals surface area contributed by atoms with E-state index in [9.17, 15) is 13.6 Å². The normalized spacial score (nSPS) is 14.8. The van der Waals surface area contributed by atoms with E-state index in [1.54, 1.807) is 10.9 Å². The summed E-state index contributed by atoms with van der Waals surface area (Å²) in [6.45, 7) is 1.81. The fraction of sp³-hybridized carbons (Fsp3) is 0.250. The zero-order valence-electron chi connectivity index (χ0n) is 15.0. The second-order valence-electron chi connectivity index (χ2n) is 6.72. The van der Waals surface area contributed by atoms with E-state index in [2.05, 4.69) is 20.9 Å². The first-order valence-corrected chi connectivity index (χ1v) is 9.09. The summed E-state index contributed by atoms with van der Waals surface area (Å²) in [6, 6.07) is 9.90. The van der Waals surface area contributed by atoms with Gasteiger partial charge in [-0.2, -0.15) is 0 Å². The van der Waals surface area contributed by atoms with Gasteiger partial charge in [0.05, 0.1) is 12.2 Å². The van der Waals surface area contributed by atoms with Crippen LogP contribution in [0.15, 0.2) is 48.7 Å². The molecule has 8 heteroatoms. The molecule has 1 aliphatic rings. The van der Waals surface area contributed by atoms with Gasteiger partial charge >= 0.3 is 0 Å². The number of rotatable bonds is 4. The Kier molecular flexibility index (Phi) is 5.12. The van der Waals surface area contributed by atoms with E-state index in [1.807, 2.05) is 0 Å². The second kappa shape index (κ2) is 7.85. The summed E-state index contributed by atoms with van der Waals surface area (Å²) in [6.07, 6.45) is 3.49. The zero-order valence-corrected chi connectivity index (χ0v) is 15.0. The van der Waals surface area contributed by atoms with Gasteiger partial charge in [-0.3, -0.25) is 4.79 Å². The molecule has 28 heavy (non-hydrogen) atoms. The molecule has 1 fully saturated rings. The fourth-order valence-corrected chi connectivity index (χ4v) is 3.31. The summed E-state index contributed by atoms with van der Waals surface area (Å²) in [4.78, 5) is 12.6. The third kappa shape index (κ3) is 3.91. The first-order chi connectivity index (χ1) is 13.6. The highest BCUT2D eigenvalue weighted by atomic mass is 19.1. The maximum Gasteiger partial charge on any atom is 0.277 e. The number of piperidine rings is 1. The molecule has 4 rings (SSSR count). The first-order valence-electron chi connectivity index (χ1n) is 9.09. The van der Waals surface area contributed by atoms with Gasteiger partial charge in [-0.1, -0.05) is 17.3 Å². The van der Waals surface area contributed by atoms with Crippen molar-refractivity contribution in [2.75, 3.05) is 18.4 Å². The number of halogens is 2. The number of nitrogens with zero attached hydrogens (tertiary/aromatic N) is 3. The van der Waals surface area contributed by atoms with Gasteiger partial charge in [-0.25, -0.2) is 13.5 Å². The Morgan fingerprint density at radius 2 is 1.79 bits per heavy atom. The SMILES string of the molecule is O=C(Nc1ccc(F)cc1-c1ccc(F)cc1)c1cn(C2CCNCC2)nn1. The monoisotopic (exact) mass is 383 g/mol. The second-order valence-corrected chi connectivity index (χ2v) is 6.72. The van der Waals surface area contributed by atoms with Crippen molar-refractivity contribution in [2.24, 2.45) is 0 Å². The van der Waals surface area contributed by atoms with Crippen molar-refractivity contribution in [3.05, 3.63) is 66.0 Å². The molecule has 6 nitrogen and oxygen atoms in total. The number of anilines is 1. The minimum absolute atomic E-state index is 0.188. The molecular weight excluding hydrogens is 364 g/mol. The first kappa shape index (κ1) is 18.2. The fourth-order valence-electron chi connectivity index (χ4n) is 3.31. The Morgan fingerprint density at radius 1 is 1.07 bits per heavy atom. The number of nitrogens with one attached hydrogen (secondary N) is 2. The van der Waals surface area contributed by atoms with E-state index in [0.29, 0.717) is 16.8 Å². The van der Waals surface area contributed by atoms with Crippen LogP contribution in [0.4, 0.5) is 14.5 Å². The predicted octanol–water partition coefficient (Wildman–Crippen LogP) is 3.40. The van der Waals surface area contributed by atoms with Crippen LogP contribution < -0.4 is 10.6 Å². The van der Waals surface area contributed by atoms with Crippen molar-refractivity contribution in [2.45, 2.75) is 18.9 Å². The van der Waals surface area contributed by atoms with E-state index in [4.69, 9.17) is 0 Å². The Balaban J connectivity index is 1.56. The van der Waals surface area contributed by atoms with E-state index in [-0.39, 0.29) is 17.6 Å². The van der Waals surface area contributed by atoms with Crippen LogP contribution in [0.1, 0.15) is 29.4 Å². The predicted molar refractivity (Wildman–Crippen MR) is 101 cm³/mol. The minimum atomic E-state index is -0.450. The van der Waals surface area contributed by atoms with Gasteiger partial charge in [0.1, 0.15) is 11.6 Å². The van der Waals surface area contributed by atoms with Crippen molar-refractivity contribution >= 4 is 11.6 Å². The lowest BCUT2D eigenvalue weighted by Gasteiger charge is -2.22. The van der Waals surface area contributed by atoms with Crippen molar-refractivity contribution in [1.82, 2.24) is 20.3 Å². The van der Waals surface area contributed by atoms with Gasteiger partial charge < -0.3 is 10.6 Å². The van der Waals surface area contributed by atoms with Crippen LogP contribution in [-0.2, 0) is 0 Å². The van der Waals surface area contributed by atoms with E-state index >= 15 is 0 Å². The quantitative estimate of drug-likeness (QED) is 0.724. The number of aromatic nitrogens is 3. The van der Waals surface area contributed by atoms with Crippen molar-refractivity contribution < 1.29 is 13.6 Å². The van der Waals surface area contributed by atoms with E-state index < -0.39 is 11.7 Å². The van der Waals surface area contributed by atoms with Crippen molar-refractivity contribution in [3.63, 3.8) is 0 Å². The maximum atomic E-state index is 13.8. The van der Waals surface area contributed by atoms with Crippen LogP contribution in [0.3, 0.4) is 0 Å². The zero-order chi connectivity index (χ0) is 19.5. The van der Waals surface area contributed by atoms with Crippen molar-refractivity contribution in [3.8, 4) is 11.1 Å². The highest BCUT2D eigenvalue weighted by Gasteiger charge is 2.19. The summed E-state index contributed by atoms with van der Waals surface area (Å²) >= 11 is 0. The van der Waals surface area contributed by atoms with Gasteiger partial charge in [0.2, 0.25) is 0 Å². The number of amides is 1. The molecule has 2 aromatic carbocycles. The molecule has 0 aliphatic carbocycles. The highest BCUT2D eigenvalue weighted by molar-refractivity contribution is 6.04. The van der Waals surface area contributed by atoms with Gasteiger partial charge in [0.25, 0.3) is 5.91 Å². The Morgan fingerprint density at radius 3 is 2.54 bits per heavy atom. The number of hydrogen-bond acceptors (Lipinski definition) is 4. The lowest BCUT2D eigenvalue weighted by atomic mass is 10.0. The molecule has 2 N–H and O–H groups in total. The van der Waals surface area contributed by atoms with Gasteiger partial charge in [-0.15, -0.1) is 5.10 Å². The smallest absolute Gasteiger partial charge is 0.277 e. The van der Waals surface area contributed by atoms with Crippen LogP contribution >= 0.6 is 0 Å². The molecule has 1 aromatic heterocycles. The summed E-state index contributed by atoms with van der Waals surface area (Å²) in [5.74, 6) is -1.27. The molecule has 3 aromatic rings. The summed E-state index contributed by atoms with van der Waals surface area (Å²) < 4.78 is 28.7.